The highest BCUT2D eigenvalue weighted by molar-refractivity contribution is 7.98. The summed E-state index contributed by atoms with van der Waals surface area (Å²) in [5, 5.41) is 0.855. The summed E-state index contributed by atoms with van der Waals surface area (Å²) in [4.78, 5) is 15.4. The van der Waals surface area contributed by atoms with E-state index >= 15 is 0 Å². The number of rotatable bonds is 3. The van der Waals surface area contributed by atoms with Crippen LogP contribution < -0.4 is 5.73 Å². The van der Waals surface area contributed by atoms with Gasteiger partial charge >= 0.3 is 0 Å². The molecule has 0 amide bonds. The number of hydrogen-bond donors (Lipinski definition) is 1. The molecule has 2 aromatic heterocycles. The first-order valence-corrected chi connectivity index (χ1v) is 7.79. The normalized spacial score (nSPS) is 15.1. The lowest BCUT2D eigenvalue weighted by Crippen LogP contribution is -2.31. The largest absolute Gasteiger partial charge is 0.383 e. The molecule has 5 nitrogen and oxygen atoms in total. The Morgan fingerprint density at radius 2 is 2.30 bits per heavy atom. The van der Waals surface area contributed by atoms with Gasteiger partial charge in [-0.05, 0) is 12.3 Å². The van der Waals surface area contributed by atoms with Crippen LogP contribution in [0, 0.1) is 0 Å². The second kappa shape index (κ2) is 5.76. The maximum atomic E-state index is 5.91. The molecule has 2 aromatic rings. The van der Waals surface area contributed by atoms with Gasteiger partial charge in [-0.2, -0.15) is 0 Å². The lowest BCUT2D eigenvalue weighted by atomic mass is 10.1. The van der Waals surface area contributed by atoms with Gasteiger partial charge in [0.2, 0.25) is 0 Å². The van der Waals surface area contributed by atoms with E-state index in [4.69, 9.17) is 5.73 Å². The fourth-order valence-electron chi connectivity index (χ4n) is 2.42. The number of nitrogens with two attached hydrogens (primary N) is 1. The fraction of sp³-hybridized carbons (Fsp3) is 0.357. The molecule has 2 N–H and O–H groups in total. The maximum Gasteiger partial charge on any atom is 0.187 e. The number of pyridine rings is 1. The van der Waals surface area contributed by atoms with Crippen LogP contribution in [-0.2, 0) is 19.5 Å². The standard InChI is InChI=1S/C14H17N5S/c1-20-14-17-7-11-9-19(6-4-12(11)18-14)8-10-3-2-5-16-13(10)15/h2-3,5,7H,4,6,8-9H2,1H3,(H2,15,16). The van der Waals surface area contributed by atoms with Gasteiger partial charge < -0.3 is 5.73 Å². The highest BCUT2D eigenvalue weighted by atomic mass is 32.2. The third-order valence-electron chi connectivity index (χ3n) is 3.49. The first kappa shape index (κ1) is 13.3. The molecule has 0 bridgehead atoms. The van der Waals surface area contributed by atoms with Crippen LogP contribution in [0.25, 0.3) is 0 Å². The van der Waals surface area contributed by atoms with E-state index in [1.807, 2.05) is 24.6 Å². The minimum atomic E-state index is 0.618. The molecule has 0 spiro atoms. The molecular weight excluding hydrogens is 270 g/mol. The topological polar surface area (TPSA) is 67.9 Å². The monoisotopic (exact) mass is 287 g/mol. The van der Waals surface area contributed by atoms with Crippen molar-refractivity contribution in [3.8, 4) is 0 Å². The molecule has 0 radical (unpaired) electrons. The van der Waals surface area contributed by atoms with E-state index in [-0.39, 0.29) is 0 Å². The number of anilines is 1. The third kappa shape index (κ3) is 2.76. The summed E-state index contributed by atoms with van der Waals surface area (Å²) in [5.41, 5.74) is 9.39. The first-order valence-electron chi connectivity index (χ1n) is 6.57. The van der Waals surface area contributed by atoms with Crippen LogP contribution in [0.1, 0.15) is 16.8 Å². The Bertz CT molecular complexity index is 616. The molecule has 0 fully saturated rings. The summed E-state index contributed by atoms with van der Waals surface area (Å²) in [6.45, 7) is 2.69. The second-order valence-corrected chi connectivity index (χ2v) is 5.61. The third-order valence-corrected chi connectivity index (χ3v) is 4.06. The van der Waals surface area contributed by atoms with Crippen molar-refractivity contribution in [3.63, 3.8) is 0 Å². The minimum absolute atomic E-state index is 0.618. The van der Waals surface area contributed by atoms with E-state index in [1.54, 1.807) is 18.0 Å². The second-order valence-electron chi connectivity index (χ2n) is 4.84. The highest BCUT2D eigenvalue weighted by Crippen LogP contribution is 2.21. The lowest BCUT2D eigenvalue weighted by molar-refractivity contribution is 0.242. The molecule has 3 rings (SSSR count). The molecule has 104 valence electrons. The van der Waals surface area contributed by atoms with Crippen molar-refractivity contribution in [2.24, 2.45) is 0 Å². The molecule has 0 unspecified atom stereocenters. The molecule has 0 atom stereocenters. The Morgan fingerprint density at radius 3 is 3.10 bits per heavy atom. The maximum absolute atomic E-state index is 5.91. The van der Waals surface area contributed by atoms with Crippen LogP contribution in [0.2, 0.25) is 0 Å². The van der Waals surface area contributed by atoms with Gasteiger partial charge in [-0.15, -0.1) is 0 Å². The summed E-state index contributed by atoms with van der Waals surface area (Å²) in [6, 6.07) is 3.96. The lowest BCUT2D eigenvalue weighted by Gasteiger charge is -2.28. The van der Waals surface area contributed by atoms with Gasteiger partial charge in [0, 0.05) is 49.6 Å². The average molecular weight is 287 g/mol. The van der Waals surface area contributed by atoms with E-state index in [2.05, 4.69) is 19.9 Å². The van der Waals surface area contributed by atoms with Crippen LogP contribution in [0.4, 0.5) is 5.82 Å². The van der Waals surface area contributed by atoms with Crippen LogP contribution in [0.15, 0.2) is 29.7 Å². The SMILES string of the molecule is CSc1ncc2c(n1)CCN(Cc1cccnc1N)C2. The molecule has 0 aromatic carbocycles. The Kier molecular flexibility index (Phi) is 3.84. The molecule has 20 heavy (non-hydrogen) atoms. The van der Waals surface area contributed by atoms with Gasteiger partial charge in [0.1, 0.15) is 5.82 Å². The predicted octanol–water partition coefficient (Wildman–Crippen LogP) is 1.73. The molecular formula is C14H17N5S. The van der Waals surface area contributed by atoms with E-state index in [1.165, 1.54) is 11.3 Å². The van der Waals surface area contributed by atoms with Crippen molar-refractivity contribution >= 4 is 17.6 Å². The van der Waals surface area contributed by atoms with Crippen LogP contribution in [0.3, 0.4) is 0 Å². The van der Waals surface area contributed by atoms with Gasteiger partial charge in [0.15, 0.2) is 5.16 Å². The van der Waals surface area contributed by atoms with Gasteiger partial charge in [0.05, 0.1) is 5.69 Å². The van der Waals surface area contributed by atoms with Crippen molar-refractivity contribution in [2.45, 2.75) is 24.7 Å². The van der Waals surface area contributed by atoms with Gasteiger partial charge in [0.25, 0.3) is 0 Å². The van der Waals surface area contributed by atoms with Crippen LogP contribution in [-0.4, -0.2) is 32.7 Å². The predicted molar refractivity (Wildman–Crippen MR) is 80.3 cm³/mol. The first-order chi connectivity index (χ1) is 9.76. The molecule has 0 aliphatic carbocycles. The molecule has 1 aliphatic rings. The number of thioether (sulfide) groups is 1. The van der Waals surface area contributed by atoms with Gasteiger partial charge in [-0.1, -0.05) is 17.8 Å². The number of nitrogen functional groups attached to an aromatic ring is 1. The zero-order valence-electron chi connectivity index (χ0n) is 11.4. The number of fused-ring (bicyclic) bond motifs is 1. The molecule has 6 heteroatoms. The minimum Gasteiger partial charge on any atom is -0.383 e. The average Bonchev–Trinajstić information content (AvgIpc) is 2.49. The Morgan fingerprint density at radius 1 is 1.40 bits per heavy atom. The van der Waals surface area contributed by atoms with Crippen molar-refractivity contribution < 1.29 is 0 Å². The van der Waals surface area contributed by atoms with Crippen molar-refractivity contribution in [3.05, 3.63) is 41.3 Å². The highest BCUT2D eigenvalue weighted by Gasteiger charge is 2.19. The van der Waals surface area contributed by atoms with Gasteiger partial charge in [-0.3, -0.25) is 4.90 Å². The molecule has 1 aliphatic heterocycles. The van der Waals surface area contributed by atoms with Gasteiger partial charge in [-0.25, -0.2) is 15.0 Å². The number of aromatic nitrogens is 3. The van der Waals surface area contributed by atoms with Crippen LogP contribution >= 0.6 is 11.8 Å². The van der Waals surface area contributed by atoms with Crippen molar-refractivity contribution in [1.82, 2.24) is 19.9 Å². The molecule has 0 saturated carbocycles. The zero-order valence-corrected chi connectivity index (χ0v) is 12.2. The quantitative estimate of drug-likeness (QED) is 0.685. The summed E-state index contributed by atoms with van der Waals surface area (Å²) < 4.78 is 0. The van der Waals surface area contributed by atoms with E-state index in [9.17, 15) is 0 Å². The van der Waals surface area contributed by atoms with Crippen molar-refractivity contribution in [1.29, 1.82) is 0 Å². The Hall–Kier alpha value is -1.66. The number of nitrogens with zero attached hydrogens (tertiary/aromatic N) is 4. The summed E-state index contributed by atoms with van der Waals surface area (Å²) in [5.74, 6) is 0.618. The molecule has 0 saturated heterocycles. The smallest absolute Gasteiger partial charge is 0.187 e. The van der Waals surface area contributed by atoms with E-state index in [0.29, 0.717) is 5.82 Å². The number of hydrogen-bond acceptors (Lipinski definition) is 6. The molecule has 3 heterocycles. The van der Waals surface area contributed by atoms with Crippen molar-refractivity contribution in [2.75, 3.05) is 18.5 Å². The Labute approximate surface area is 122 Å². The fourth-order valence-corrected chi connectivity index (χ4v) is 2.77. The van der Waals surface area contributed by atoms with E-state index in [0.717, 1.165) is 36.8 Å². The summed E-state index contributed by atoms with van der Waals surface area (Å²) >= 11 is 1.59. The van der Waals surface area contributed by atoms with Crippen LogP contribution in [0.5, 0.6) is 0 Å². The summed E-state index contributed by atoms with van der Waals surface area (Å²) in [6.07, 6.45) is 6.64. The van der Waals surface area contributed by atoms with E-state index < -0.39 is 0 Å². The summed E-state index contributed by atoms with van der Waals surface area (Å²) in [7, 11) is 0. The zero-order chi connectivity index (χ0) is 13.9. The Balaban J connectivity index is 1.74.